The maximum absolute atomic E-state index is 12.8. The van der Waals surface area contributed by atoms with Crippen LogP contribution in [0.2, 0.25) is 0 Å². The lowest BCUT2D eigenvalue weighted by molar-refractivity contribution is 0.0932. The zero-order valence-electron chi connectivity index (χ0n) is 13.5. The van der Waals surface area contributed by atoms with E-state index < -0.39 is 0 Å². The normalized spacial score (nSPS) is 11.9. The van der Waals surface area contributed by atoms with Crippen LogP contribution in [0.3, 0.4) is 0 Å². The average Bonchev–Trinajstić information content (AvgIpc) is 3.07. The van der Waals surface area contributed by atoms with Gasteiger partial charge in [-0.1, -0.05) is 30.0 Å². The number of benzene rings is 1. The lowest BCUT2D eigenvalue weighted by atomic mass is 10.1. The standard InChI is InChI=1S/C18H18N4OS/c1-13(14-8-10-19-11-9-14)21-17(23)16-12-20-18(24-2)22(16)15-6-4-3-5-7-15/h3-13H,1-2H3,(H,21,23). The summed E-state index contributed by atoms with van der Waals surface area (Å²) in [4.78, 5) is 21.1. The van der Waals surface area contributed by atoms with Crippen molar-refractivity contribution in [2.75, 3.05) is 6.26 Å². The van der Waals surface area contributed by atoms with Crippen LogP contribution < -0.4 is 5.32 Å². The fraction of sp³-hybridized carbons (Fsp3) is 0.167. The highest BCUT2D eigenvalue weighted by molar-refractivity contribution is 7.98. The number of hydrogen-bond acceptors (Lipinski definition) is 4. The molecule has 1 unspecified atom stereocenters. The molecule has 2 aromatic heterocycles. The molecule has 1 aromatic carbocycles. The first-order valence-electron chi connectivity index (χ1n) is 7.58. The van der Waals surface area contributed by atoms with Gasteiger partial charge in [0, 0.05) is 18.1 Å². The first-order valence-corrected chi connectivity index (χ1v) is 8.81. The second-order valence-electron chi connectivity index (χ2n) is 5.28. The number of pyridine rings is 1. The summed E-state index contributed by atoms with van der Waals surface area (Å²) in [6, 6.07) is 13.4. The lowest BCUT2D eigenvalue weighted by Crippen LogP contribution is -2.28. The average molecular weight is 338 g/mol. The molecule has 1 amide bonds. The van der Waals surface area contributed by atoms with E-state index in [-0.39, 0.29) is 11.9 Å². The van der Waals surface area contributed by atoms with Crippen molar-refractivity contribution in [3.05, 3.63) is 72.3 Å². The van der Waals surface area contributed by atoms with Crippen LogP contribution in [0.15, 0.2) is 66.2 Å². The Kier molecular flexibility index (Phi) is 4.96. The highest BCUT2D eigenvalue weighted by atomic mass is 32.2. The number of aromatic nitrogens is 3. The van der Waals surface area contributed by atoms with Crippen molar-refractivity contribution in [2.45, 2.75) is 18.1 Å². The molecule has 1 N–H and O–H groups in total. The molecule has 0 saturated heterocycles. The minimum absolute atomic E-state index is 0.114. The van der Waals surface area contributed by atoms with Crippen molar-refractivity contribution in [3.63, 3.8) is 0 Å². The Morgan fingerprint density at radius 2 is 1.88 bits per heavy atom. The second kappa shape index (κ2) is 7.31. The van der Waals surface area contributed by atoms with Gasteiger partial charge >= 0.3 is 0 Å². The topological polar surface area (TPSA) is 59.8 Å². The Bertz CT molecular complexity index is 818. The number of amides is 1. The zero-order valence-corrected chi connectivity index (χ0v) is 14.3. The Balaban J connectivity index is 1.89. The smallest absolute Gasteiger partial charge is 0.270 e. The monoisotopic (exact) mass is 338 g/mol. The van der Waals surface area contributed by atoms with Crippen LogP contribution in [0.25, 0.3) is 5.69 Å². The molecule has 0 saturated carbocycles. The predicted octanol–water partition coefficient (Wildman–Crippen LogP) is 3.48. The van der Waals surface area contributed by atoms with Crippen molar-refractivity contribution >= 4 is 17.7 Å². The van der Waals surface area contributed by atoms with Crippen molar-refractivity contribution in [3.8, 4) is 5.69 Å². The van der Waals surface area contributed by atoms with E-state index in [2.05, 4.69) is 15.3 Å². The van der Waals surface area contributed by atoms with Gasteiger partial charge in [0.15, 0.2) is 5.16 Å². The highest BCUT2D eigenvalue weighted by Crippen LogP contribution is 2.22. The third kappa shape index (κ3) is 3.33. The maximum atomic E-state index is 12.8. The molecule has 2 heterocycles. The van der Waals surface area contributed by atoms with Gasteiger partial charge in [-0.25, -0.2) is 4.98 Å². The Labute approximate surface area is 145 Å². The quantitative estimate of drug-likeness (QED) is 0.724. The molecule has 0 bridgehead atoms. The minimum Gasteiger partial charge on any atom is -0.344 e. The van der Waals surface area contributed by atoms with Gasteiger partial charge in [0.25, 0.3) is 5.91 Å². The molecular formula is C18H18N4OS. The summed E-state index contributed by atoms with van der Waals surface area (Å²) in [5.41, 5.74) is 2.45. The van der Waals surface area contributed by atoms with Crippen molar-refractivity contribution in [2.24, 2.45) is 0 Å². The number of carbonyl (C=O) groups is 1. The van der Waals surface area contributed by atoms with Gasteiger partial charge in [0.1, 0.15) is 5.69 Å². The zero-order chi connectivity index (χ0) is 16.9. The third-order valence-corrected chi connectivity index (χ3v) is 4.37. The van der Waals surface area contributed by atoms with E-state index >= 15 is 0 Å². The number of carbonyl (C=O) groups excluding carboxylic acids is 1. The van der Waals surface area contributed by atoms with Crippen LogP contribution in [0.4, 0.5) is 0 Å². The van der Waals surface area contributed by atoms with Crippen LogP contribution in [0.5, 0.6) is 0 Å². The van der Waals surface area contributed by atoms with E-state index in [1.54, 1.807) is 18.6 Å². The van der Waals surface area contributed by atoms with Crippen LogP contribution >= 0.6 is 11.8 Å². The molecule has 3 rings (SSSR count). The SMILES string of the molecule is CSc1ncc(C(=O)NC(C)c2ccncc2)n1-c1ccccc1. The molecule has 0 fully saturated rings. The molecule has 0 aliphatic carbocycles. The van der Waals surface area contributed by atoms with E-state index in [0.29, 0.717) is 5.69 Å². The largest absolute Gasteiger partial charge is 0.344 e. The summed E-state index contributed by atoms with van der Waals surface area (Å²) in [6.45, 7) is 1.95. The molecule has 6 heteroatoms. The van der Waals surface area contributed by atoms with Gasteiger partial charge in [-0.3, -0.25) is 14.3 Å². The van der Waals surface area contributed by atoms with Gasteiger partial charge in [0.05, 0.1) is 12.2 Å². The van der Waals surface area contributed by atoms with Crippen LogP contribution in [-0.4, -0.2) is 26.7 Å². The lowest BCUT2D eigenvalue weighted by Gasteiger charge is -2.15. The Morgan fingerprint density at radius 1 is 1.17 bits per heavy atom. The summed E-state index contributed by atoms with van der Waals surface area (Å²) in [5, 5.41) is 3.80. The van der Waals surface area contributed by atoms with Crippen LogP contribution in [0.1, 0.15) is 29.0 Å². The number of nitrogens with one attached hydrogen (secondary N) is 1. The first kappa shape index (κ1) is 16.3. The summed E-state index contributed by atoms with van der Waals surface area (Å²) in [7, 11) is 0. The predicted molar refractivity (Wildman–Crippen MR) is 95.5 cm³/mol. The van der Waals surface area contributed by atoms with E-state index in [1.165, 1.54) is 11.8 Å². The van der Waals surface area contributed by atoms with Gasteiger partial charge < -0.3 is 5.32 Å². The molecule has 0 spiro atoms. The summed E-state index contributed by atoms with van der Waals surface area (Å²) >= 11 is 1.51. The van der Waals surface area contributed by atoms with Crippen LogP contribution in [0, 0.1) is 0 Å². The first-order chi connectivity index (χ1) is 11.7. The van der Waals surface area contributed by atoms with Gasteiger partial charge in [-0.2, -0.15) is 0 Å². The van der Waals surface area contributed by atoms with Gasteiger partial charge in [-0.05, 0) is 43.0 Å². The minimum atomic E-state index is -0.157. The maximum Gasteiger partial charge on any atom is 0.270 e. The molecule has 0 radical (unpaired) electrons. The molecular weight excluding hydrogens is 320 g/mol. The summed E-state index contributed by atoms with van der Waals surface area (Å²) in [6.07, 6.45) is 7.01. The second-order valence-corrected chi connectivity index (χ2v) is 6.05. The summed E-state index contributed by atoms with van der Waals surface area (Å²) < 4.78 is 1.87. The molecule has 1 atom stereocenters. The number of imidazole rings is 1. The fourth-order valence-electron chi connectivity index (χ4n) is 2.47. The molecule has 0 aliphatic heterocycles. The van der Waals surface area contributed by atoms with Gasteiger partial charge in [0.2, 0.25) is 0 Å². The molecule has 122 valence electrons. The van der Waals surface area contributed by atoms with E-state index in [9.17, 15) is 4.79 Å². The van der Waals surface area contributed by atoms with Gasteiger partial charge in [-0.15, -0.1) is 0 Å². The van der Waals surface area contributed by atoms with Crippen molar-refractivity contribution in [1.82, 2.24) is 19.9 Å². The van der Waals surface area contributed by atoms with E-state index in [0.717, 1.165) is 16.4 Å². The summed E-state index contributed by atoms with van der Waals surface area (Å²) in [5.74, 6) is -0.157. The van der Waals surface area contributed by atoms with Crippen LogP contribution in [-0.2, 0) is 0 Å². The Hall–Kier alpha value is -2.60. The number of para-hydroxylation sites is 1. The number of rotatable bonds is 5. The number of hydrogen-bond donors (Lipinski definition) is 1. The molecule has 0 aliphatic rings. The van der Waals surface area contributed by atoms with E-state index in [4.69, 9.17) is 0 Å². The number of thioether (sulfide) groups is 1. The Morgan fingerprint density at radius 3 is 2.54 bits per heavy atom. The number of nitrogens with zero attached hydrogens (tertiary/aromatic N) is 3. The molecule has 5 nitrogen and oxygen atoms in total. The third-order valence-electron chi connectivity index (χ3n) is 3.71. The van der Waals surface area contributed by atoms with E-state index in [1.807, 2.05) is 60.2 Å². The molecule has 24 heavy (non-hydrogen) atoms. The highest BCUT2D eigenvalue weighted by Gasteiger charge is 2.19. The van der Waals surface area contributed by atoms with Crippen molar-refractivity contribution in [1.29, 1.82) is 0 Å². The molecule has 3 aromatic rings. The van der Waals surface area contributed by atoms with Crippen molar-refractivity contribution < 1.29 is 4.79 Å². The fourth-order valence-corrected chi connectivity index (χ4v) is 3.02.